The van der Waals surface area contributed by atoms with Crippen LogP contribution in [0, 0.1) is 11.1 Å². The molecule has 0 heterocycles. The molecule has 0 amide bonds. The van der Waals surface area contributed by atoms with Crippen LogP contribution >= 0.6 is 1050 Å². The Morgan fingerprint density at radius 3 is 0.225 bits per heavy atom. The van der Waals surface area contributed by atoms with Crippen molar-refractivity contribution >= 4 is 1050 Å². The Labute approximate surface area is 1080 Å². The molecule has 832 valence electrons. The molecule has 0 saturated carbocycles. The van der Waals surface area contributed by atoms with E-state index in [1.807, 2.05) is 6.92 Å². The van der Waals surface area contributed by atoms with Crippen LogP contribution < -0.4 is 6.15 Å². The number of rotatable bonds is 64. The normalized spacial score (nSPS) is 14.2. The number of halogens is 3. The van der Waals surface area contributed by atoms with Gasteiger partial charge in [0.1, 0.15) is 0 Å². The predicted octanol–water partition coefficient (Wildman–Crippen LogP) is 78.4. The quantitative estimate of drug-likeness (QED) is 0.0487. The second-order valence-corrected chi connectivity index (χ2v) is 552. The first-order chi connectivity index (χ1) is 62.6. The van der Waals surface area contributed by atoms with Gasteiger partial charge in [0.25, 0.3) is 0 Å². The zero-order valence-corrected chi connectivity index (χ0v) is 204. The summed E-state index contributed by atoms with van der Waals surface area (Å²) in [4.78, 5) is 0. The zero-order chi connectivity index (χ0) is 109. The molecule has 0 bridgehead atoms. The second-order valence-electron chi connectivity index (χ2n) is 21.7. The fourth-order valence-corrected chi connectivity index (χ4v) is 1910. The highest BCUT2D eigenvalue weighted by atomic mass is 35.5. The first-order valence-corrected chi connectivity index (χ1v) is 265. The lowest BCUT2D eigenvalue weighted by molar-refractivity contribution is 1.10. The summed E-state index contributed by atoms with van der Waals surface area (Å²) in [6, 6.07) is 0. The standard InChI is InChI=1S/C3H7Cl.C2H4Cl2.CH128NP127.H3N/c1-2-3-4;3-1-2-4;2-1-67(100(118(122(102(68(3)4)69(5)6)103(70(7)8)71(9)10)123(104(72(11)12)73(13)14)105(74(15)16)75(17)18)119(124(106(76(19)20)77(21)22)107(78(23)24)79(25)26)125(108(80(27)28)81(29)30)109(82(31)32)83(33)34)101(120(126(110(84(35)36)85(37)38)111(86(39)40)87(41)42)127(112(88(43)44)89(45)46)113(90(47)48)91(49)50)121(128(114(92(51)52)93(53)54)115(94(55)56)95(57)58)129(116(96(59)60)97(61)62)117(98(63)64)99(65)66;/h2-3H2,1H3;1-2H2;3-66H2;1H3. The SMILES string of the molecule is CCCCl.ClCCCl.N.N#CP(P(P(P(P(P(P)P)P(P)P)P(P(P)P)P(P)P)P(P(P(P)P)P(P)P)P(P(P)P)P(P)P)P(P(P(P(P)P)P(P)P)P(P(P)P)P(P)P)P(P(P(P)P)P(P)P)P(P(P)P)P(P)P)P(P(P(P(P(P)P)P(P)P)P(P(P)P)P(P)P)P(P(P(P)P)P(P)P)P(P(P)P)P(P)P)P(P(P(P(P)P)P(P)P)P(P(P)P)P(P)P)P(P(P(P)P)P(P)P)P(P(P)P)P(P)P. The first kappa shape index (κ1) is 199. The molecule has 0 radical (unpaired) electrons. The molecule has 64 unspecified atom stereocenters. The van der Waals surface area contributed by atoms with Crippen molar-refractivity contribution in [3.05, 3.63) is 0 Å². The Balaban J connectivity index is -0.00000956. The van der Waals surface area contributed by atoms with Gasteiger partial charge in [-0.25, -0.2) is 0 Å². The molecular formula is C6H142Cl3N2P127. The molecule has 132 heteroatoms. The lowest BCUT2D eigenvalue weighted by Crippen LogP contribution is -1.78. The van der Waals surface area contributed by atoms with Crippen molar-refractivity contribution in [3.8, 4) is 5.81 Å². The van der Waals surface area contributed by atoms with Crippen molar-refractivity contribution in [2.45, 2.75) is 13.3 Å². The minimum absolute atomic E-state index is 0. The molecule has 138 heavy (non-hydrogen) atoms. The van der Waals surface area contributed by atoms with Crippen molar-refractivity contribution < 1.29 is 0 Å². The van der Waals surface area contributed by atoms with Gasteiger partial charge in [-0.1, -0.05) is 6.92 Å². The number of hydrogen-bond acceptors (Lipinski definition) is 2. The van der Waals surface area contributed by atoms with Gasteiger partial charge >= 0.3 is 0 Å². The highest BCUT2D eigenvalue weighted by molar-refractivity contribution is 9.61. The summed E-state index contributed by atoms with van der Waals surface area (Å²) >= 11 is 15.3. The summed E-state index contributed by atoms with van der Waals surface area (Å²) < 4.78 is 0. The minimum atomic E-state index is -1.47. The molecule has 64 atom stereocenters. The van der Waals surface area contributed by atoms with Crippen LogP contribution in [-0.2, 0) is 0 Å². The largest absolute Gasteiger partial charge is 0.344 e. The van der Waals surface area contributed by atoms with Crippen LogP contribution in [-0.4, -0.2) is 17.6 Å². The topological polar surface area (TPSA) is 58.8 Å². The van der Waals surface area contributed by atoms with E-state index >= 15 is 5.26 Å². The van der Waals surface area contributed by atoms with Crippen LogP contribution in [0.15, 0.2) is 0 Å². The van der Waals surface area contributed by atoms with E-state index in [9.17, 15) is 0 Å². The van der Waals surface area contributed by atoms with Gasteiger partial charge in [0.15, 0.2) is 0 Å². The highest BCUT2D eigenvalue weighted by Gasteiger charge is 2.70. The van der Waals surface area contributed by atoms with E-state index in [4.69, 9.17) is 40.6 Å². The molecule has 0 rings (SSSR count). The zero-order valence-electron chi connectivity index (χ0n) is 71.7. The number of nitrogens with zero attached hydrogens (tertiary/aromatic N) is 1. The molecule has 2 nitrogen and oxygen atoms in total. The van der Waals surface area contributed by atoms with E-state index in [-0.39, 0.29) is 6.15 Å². The summed E-state index contributed by atoms with van der Waals surface area (Å²) in [6.45, 7) is -38.9. The van der Waals surface area contributed by atoms with Crippen LogP contribution in [0.2, 0.25) is 0 Å². The molecule has 0 aliphatic heterocycles. The van der Waals surface area contributed by atoms with E-state index < -0.39 is 441 Å². The molecule has 0 aromatic heterocycles. The molecule has 0 aliphatic rings. The molecular weight excluding hydrogens is 4140 g/mol. The van der Waals surface area contributed by atoms with Crippen LogP contribution in [0.5, 0.6) is 0 Å². The lowest BCUT2D eigenvalue weighted by atomic mass is 10.6. The van der Waals surface area contributed by atoms with E-state index in [0.29, 0.717) is 11.8 Å². The van der Waals surface area contributed by atoms with Gasteiger partial charge in [-0.05, 0) is 398 Å². The summed E-state index contributed by atoms with van der Waals surface area (Å²) in [6.07, 6.45) is 1.08. The maximum atomic E-state index is 16.9. The molecule has 3 N–H and O–H groups in total. The van der Waals surface area contributed by atoms with Crippen molar-refractivity contribution in [3.63, 3.8) is 0 Å². The van der Waals surface area contributed by atoms with Crippen LogP contribution in [0.4, 0.5) is 0 Å². The number of alkyl halides is 3. The van der Waals surface area contributed by atoms with Gasteiger partial charge in [0.05, 0.1) is 13.1 Å². The van der Waals surface area contributed by atoms with Gasteiger partial charge in [0, 0.05) is 59.6 Å². The third-order valence-corrected chi connectivity index (χ3v) is 918. The maximum Gasteiger partial charge on any atom is 0.0981 e. The summed E-state index contributed by atoms with van der Waals surface area (Å²) in [7, 11) is 245. The summed E-state index contributed by atoms with van der Waals surface area (Å²) in [5, 5.41) is 16.9. The Morgan fingerprint density at radius 2 is 0.188 bits per heavy atom. The van der Waals surface area contributed by atoms with Crippen LogP contribution in [0.1, 0.15) is 13.3 Å². The molecule has 0 aliphatic carbocycles. The summed E-state index contributed by atoms with van der Waals surface area (Å²) in [5.41, 5.74) is 0. The lowest BCUT2D eigenvalue weighted by Gasteiger charge is -2.63. The van der Waals surface area contributed by atoms with Crippen molar-refractivity contribution in [1.29, 1.82) is 5.26 Å². The van der Waals surface area contributed by atoms with Gasteiger partial charge < -0.3 is 6.15 Å². The molecule has 0 aromatic rings. The third-order valence-electron chi connectivity index (χ3n) is 11.8. The van der Waals surface area contributed by atoms with Gasteiger partial charge in [-0.2, -0.15) is 5.26 Å². The van der Waals surface area contributed by atoms with Gasteiger partial charge in [-0.3, -0.25) is 0 Å². The maximum absolute atomic E-state index is 16.9. The molecule has 0 saturated heterocycles. The second kappa shape index (κ2) is 113. The smallest absolute Gasteiger partial charge is 0.0981 e. The average Bonchev–Trinajstić information content (AvgIpc) is 0.701. The third kappa shape index (κ3) is 73.1. The monoisotopic (exact) mass is 4280 g/mol. The fraction of sp³-hybridized carbons (Fsp3) is 0.833. The van der Waals surface area contributed by atoms with Gasteiger partial charge in [-0.15, -0.1) is 606 Å². The molecule has 0 fully saturated rings. The van der Waals surface area contributed by atoms with E-state index in [0.717, 1.165) is 12.3 Å². The number of hydrogen-bond donors (Lipinski definition) is 1. The van der Waals surface area contributed by atoms with Crippen LogP contribution in [0.25, 0.3) is 0 Å². The van der Waals surface area contributed by atoms with Crippen molar-refractivity contribution in [2.24, 2.45) is 0 Å². The van der Waals surface area contributed by atoms with Crippen LogP contribution in [0.3, 0.4) is 0 Å². The Morgan fingerprint density at radius 1 is 0.130 bits per heavy atom. The minimum Gasteiger partial charge on any atom is -0.344 e. The Bertz CT molecular complexity index is 2190. The average molecular weight is 4280 g/mol. The fourth-order valence-electron chi connectivity index (χ4n) is 8.04. The Hall–Kier alpha value is 54.9. The van der Waals surface area contributed by atoms with Gasteiger partial charge in [0.2, 0.25) is 0 Å². The molecule has 0 aromatic carbocycles. The van der Waals surface area contributed by atoms with E-state index in [1.54, 1.807) is 0 Å². The van der Waals surface area contributed by atoms with Crippen molar-refractivity contribution in [1.82, 2.24) is 6.15 Å². The van der Waals surface area contributed by atoms with E-state index in [1.165, 1.54) is 0 Å². The number of nitriles is 1. The highest BCUT2D eigenvalue weighted by Crippen LogP contribution is 3.56. The van der Waals surface area contributed by atoms with E-state index in [2.05, 4.69) is 571 Å². The molecule has 0 spiro atoms. The first-order valence-electron chi connectivity index (χ1n) is 31.9. The Kier molecular flexibility index (Phi) is 163. The predicted molar refractivity (Wildman–Crippen MR) is 1110 cm³/mol. The van der Waals surface area contributed by atoms with Crippen molar-refractivity contribution in [2.75, 3.05) is 17.6 Å². The summed E-state index contributed by atoms with van der Waals surface area (Å²) in [5.74, 6) is 6.75.